The maximum atomic E-state index is 14.4. The highest BCUT2D eigenvalue weighted by Gasteiger charge is 2.50. The van der Waals surface area contributed by atoms with Gasteiger partial charge in [0.2, 0.25) is 11.8 Å². The third-order valence-electron chi connectivity index (χ3n) is 7.76. The Labute approximate surface area is 248 Å². The van der Waals surface area contributed by atoms with Crippen molar-refractivity contribution in [3.63, 3.8) is 0 Å². The molecule has 10 nitrogen and oxygen atoms in total. The number of benzene rings is 3. The van der Waals surface area contributed by atoms with E-state index in [1.165, 1.54) is 32.0 Å². The van der Waals surface area contributed by atoms with Crippen molar-refractivity contribution in [1.29, 1.82) is 0 Å². The number of aromatic hydroxyl groups is 1. The molecular formula is C31H34F2N6O4. The van der Waals surface area contributed by atoms with Crippen molar-refractivity contribution in [3.8, 4) is 5.75 Å². The molecule has 2 heterocycles. The summed E-state index contributed by atoms with van der Waals surface area (Å²) in [4.78, 5) is 45.8. The lowest BCUT2D eigenvalue weighted by Gasteiger charge is -2.54. The number of phenolic OH excluding ortho intramolecular Hbond substituents is 1. The largest absolute Gasteiger partial charge is 0.508 e. The molecule has 2 aliphatic heterocycles. The predicted molar refractivity (Wildman–Crippen MR) is 155 cm³/mol. The third kappa shape index (κ3) is 6.24. The summed E-state index contributed by atoms with van der Waals surface area (Å²) in [6.07, 6.45) is -0.741. The number of anilines is 1. The minimum Gasteiger partial charge on any atom is -0.508 e. The predicted octanol–water partition coefficient (Wildman–Crippen LogP) is 2.92. The molecule has 0 bridgehead atoms. The molecule has 0 unspecified atom stereocenters. The molecule has 5 rings (SSSR count). The number of rotatable bonds is 7. The molecule has 2 fully saturated rings. The molecule has 3 aromatic rings. The second-order valence-corrected chi connectivity index (χ2v) is 11.0. The van der Waals surface area contributed by atoms with Gasteiger partial charge in [-0.2, -0.15) is 0 Å². The summed E-state index contributed by atoms with van der Waals surface area (Å²) in [6.45, 7) is 0.0107. The van der Waals surface area contributed by atoms with Gasteiger partial charge in [0.25, 0.3) is 0 Å². The topological polar surface area (TPSA) is 99.7 Å². The number of piperazine rings is 1. The van der Waals surface area contributed by atoms with E-state index in [2.05, 4.69) is 5.32 Å². The number of fused-ring (bicyclic) bond motifs is 1. The van der Waals surface area contributed by atoms with Crippen LogP contribution in [0.15, 0.2) is 66.7 Å². The molecule has 12 heteroatoms. The van der Waals surface area contributed by atoms with Crippen molar-refractivity contribution in [2.75, 3.05) is 39.1 Å². The zero-order valence-corrected chi connectivity index (χ0v) is 24.2. The minimum atomic E-state index is -1.04. The average molecular weight is 593 g/mol. The molecule has 226 valence electrons. The van der Waals surface area contributed by atoms with Gasteiger partial charge in [0.1, 0.15) is 18.0 Å². The van der Waals surface area contributed by atoms with Gasteiger partial charge >= 0.3 is 6.03 Å². The normalized spacial score (nSPS) is 19.0. The molecular weight excluding hydrogens is 558 g/mol. The molecule has 0 aliphatic carbocycles. The van der Waals surface area contributed by atoms with Gasteiger partial charge in [-0.3, -0.25) is 9.59 Å². The lowest BCUT2D eigenvalue weighted by molar-refractivity contribution is -0.187. The first kappa shape index (κ1) is 29.8. The number of phenols is 1. The quantitative estimate of drug-likeness (QED) is 0.438. The fraction of sp³-hybridized carbons (Fsp3) is 0.323. The Hall–Kier alpha value is -4.71. The van der Waals surface area contributed by atoms with Gasteiger partial charge in [0.05, 0.1) is 13.1 Å². The number of carbonyl (C=O) groups is 3. The number of hydrogen-bond donors (Lipinski definition) is 2. The number of amides is 4. The Bertz CT molecular complexity index is 1500. The van der Waals surface area contributed by atoms with Crippen LogP contribution < -0.4 is 10.2 Å². The van der Waals surface area contributed by atoms with E-state index in [-0.39, 0.29) is 50.2 Å². The highest BCUT2D eigenvalue weighted by atomic mass is 19.2. The molecule has 0 saturated carbocycles. The van der Waals surface area contributed by atoms with Crippen molar-refractivity contribution in [3.05, 3.63) is 95.1 Å². The Kier molecular flexibility index (Phi) is 8.49. The Morgan fingerprint density at radius 1 is 1.00 bits per heavy atom. The number of carbonyl (C=O) groups excluding carboxylic acids is 3. The van der Waals surface area contributed by atoms with Crippen LogP contribution in [-0.4, -0.2) is 89.2 Å². The number of nitrogens with one attached hydrogen (secondary N) is 1. The van der Waals surface area contributed by atoms with E-state index in [1.54, 1.807) is 38.2 Å². The molecule has 4 amide bonds. The number of urea groups is 1. The van der Waals surface area contributed by atoms with Crippen LogP contribution in [0.1, 0.15) is 16.7 Å². The monoisotopic (exact) mass is 592 g/mol. The summed E-state index contributed by atoms with van der Waals surface area (Å²) < 4.78 is 28.5. The average Bonchev–Trinajstić information content (AvgIpc) is 2.97. The molecule has 2 N–H and O–H groups in total. The van der Waals surface area contributed by atoms with Crippen molar-refractivity contribution in [2.24, 2.45) is 0 Å². The van der Waals surface area contributed by atoms with Crippen molar-refractivity contribution in [1.82, 2.24) is 25.1 Å². The number of hydrazine groups is 1. The van der Waals surface area contributed by atoms with Gasteiger partial charge in [0, 0.05) is 52.4 Å². The van der Waals surface area contributed by atoms with Gasteiger partial charge in [-0.1, -0.05) is 42.5 Å². The highest BCUT2D eigenvalue weighted by Crippen LogP contribution is 2.31. The van der Waals surface area contributed by atoms with Crippen LogP contribution in [0.5, 0.6) is 5.75 Å². The number of likely N-dealkylation sites (N-methyl/N-ethyl adjacent to an activating group) is 1. The van der Waals surface area contributed by atoms with Gasteiger partial charge in [-0.05, 0) is 34.9 Å². The highest BCUT2D eigenvalue weighted by molar-refractivity contribution is 5.91. The molecule has 2 atom stereocenters. The van der Waals surface area contributed by atoms with Gasteiger partial charge in [0.15, 0.2) is 11.6 Å². The second kappa shape index (κ2) is 12.3. The van der Waals surface area contributed by atoms with Gasteiger partial charge < -0.3 is 25.1 Å². The van der Waals surface area contributed by atoms with Gasteiger partial charge in [-0.15, -0.1) is 0 Å². The second-order valence-electron chi connectivity index (χ2n) is 11.0. The molecule has 0 aromatic heterocycles. The maximum absolute atomic E-state index is 14.4. The summed E-state index contributed by atoms with van der Waals surface area (Å²) in [7, 11) is 5.01. The molecule has 43 heavy (non-hydrogen) atoms. The standard InChI is InChI=1S/C31H34F2N6O4/c1-35(2)26-15-25(33)24(32)14-22(26)17-37-18-28-38(27(30(37)42)13-20-9-11-23(40)12-10-20)29(41)19-36(3)39(28)31(43)34-16-21-7-5-4-6-8-21/h4-12,14-15,27-28,40H,13,16-19H2,1-3H3,(H,34,43)/t27-,28+/m0/s1. The van der Waals surface area contributed by atoms with Crippen molar-refractivity contribution in [2.45, 2.75) is 31.7 Å². The van der Waals surface area contributed by atoms with Crippen LogP contribution in [0, 0.1) is 11.6 Å². The lowest BCUT2D eigenvalue weighted by atomic mass is 9.98. The van der Waals surface area contributed by atoms with Crippen molar-refractivity contribution < 1.29 is 28.3 Å². The van der Waals surface area contributed by atoms with E-state index in [4.69, 9.17) is 0 Å². The first-order valence-electron chi connectivity index (χ1n) is 13.9. The summed E-state index contributed by atoms with van der Waals surface area (Å²) in [6, 6.07) is 16.4. The molecule has 3 aromatic carbocycles. The molecule has 2 saturated heterocycles. The van der Waals surface area contributed by atoms with Crippen LogP contribution >= 0.6 is 0 Å². The number of hydrogen-bond acceptors (Lipinski definition) is 6. The van der Waals surface area contributed by atoms with E-state index in [9.17, 15) is 28.3 Å². The minimum absolute atomic E-state index is 0.0500. The SMILES string of the molecule is CN(C)c1cc(F)c(F)cc1CN1C[C@@H]2N(C(=O)CN(C)N2C(=O)NCc2ccccc2)[C@@H](Cc2ccc(O)cc2)C1=O. The zero-order chi connectivity index (χ0) is 30.8. The smallest absolute Gasteiger partial charge is 0.334 e. The van der Waals surface area contributed by atoms with Crippen LogP contribution in [0.4, 0.5) is 19.3 Å². The lowest BCUT2D eigenvalue weighted by Crippen LogP contribution is -2.76. The first-order chi connectivity index (χ1) is 20.5. The van der Waals surface area contributed by atoms with Gasteiger partial charge in [-0.25, -0.2) is 23.6 Å². The molecule has 0 spiro atoms. The fourth-order valence-electron chi connectivity index (χ4n) is 5.68. The molecule has 2 aliphatic rings. The van der Waals surface area contributed by atoms with Crippen LogP contribution in [0.2, 0.25) is 0 Å². The Morgan fingerprint density at radius 2 is 1.67 bits per heavy atom. The Balaban J connectivity index is 1.50. The first-order valence-corrected chi connectivity index (χ1v) is 13.9. The van der Waals surface area contributed by atoms with Crippen LogP contribution in [0.3, 0.4) is 0 Å². The van der Waals surface area contributed by atoms with Crippen LogP contribution in [0.25, 0.3) is 0 Å². The van der Waals surface area contributed by atoms with E-state index < -0.39 is 29.9 Å². The molecule has 0 radical (unpaired) electrons. The van der Waals surface area contributed by atoms with E-state index in [0.717, 1.165) is 17.7 Å². The van der Waals surface area contributed by atoms with Crippen LogP contribution in [-0.2, 0) is 29.1 Å². The maximum Gasteiger partial charge on any atom is 0.334 e. The van der Waals surface area contributed by atoms with Crippen molar-refractivity contribution >= 4 is 23.5 Å². The summed E-state index contributed by atoms with van der Waals surface area (Å²) in [5, 5.41) is 15.6. The summed E-state index contributed by atoms with van der Waals surface area (Å²) in [5.41, 5.74) is 2.37. The fourth-order valence-corrected chi connectivity index (χ4v) is 5.68. The zero-order valence-electron chi connectivity index (χ0n) is 24.2. The summed E-state index contributed by atoms with van der Waals surface area (Å²) in [5.74, 6) is -2.69. The van der Waals surface area contributed by atoms with E-state index in [0.29, 0.717) is 16.8 Å². The Morgan fingerprint density at radius 3 is 2.35 bits per heavy atom. The van der Waals surface area contributed by atoms with E-state index >= 15 is 0 Å². The number of nitrogens with zero attached hydrogens (tertiary/aromatic N) is 5. The van der Waals surface area contributed by atoms with E-state index in [1.807, 2.05) is 30.3 Å². The number of halogens is 2. The summed E-state index contributed by atoms with van der Waals surface area (Å²) >= 11 is 0. The third-order valence-corrected chi connectivity index (χ3v) is 7.76.